The van der Waals surface area contributed by atoms with Gasteiger partial charge in [-0.05, 0) is 55.5 Å². The Balaban J connectivity index is 1.25. The van der Waals surface area contributed by atoms with Gasteiger partial charge in [-0.3, -0.25) is 9.78 Å². The first-order valence-electron chi connectivity index (χ1n) is 13.2. The van der Waals surface area contributed by atoms with E-state index in [-0.39, 0.29) is 28.0 Å². The Hall–Kier alpha value is -4.61. The highest BCUT2D eigenvalue weighted by molar-refractivity contribution is 7.91. The number of pyridine rings is 2. The third-order valence-corrected chi connectivity index (χ3v) is 8.56. The molecule has 6 rings (SSSR count). The number of alkyl halides is 1. The Labute approximate surface area is 240 Å². The SMILES string of the molecule is COCCn1c(C)cc2c(-c3ccc4cnc(CNC(=O)c5ccc6occ(S(=O)(=O)CF)c6c5)cc4n3)cccc21. The van der Waals surface area contributed by atoms with Crippen molar-refractivity contribution in [2.45, 2.75) is 24.9 Å². The van der Waals surface area contributed by atoms with Gasteiger partial charge in [0.05, 0.1) is 30.1 Å². The second kappa shape index (κ2) is 11.0. The van der Waals surface area contributed by atoms with Gasteiger partial charge in [0.15, 0.2) is 6.01 Å². The molecule has 1 amide bonds. The quantitative estimate of drug-likeness (QED) is 0.235. The summed E-state index contributed by atoms with van der Waals surface area (Å²) in [6, 6.07) is 16.9. The predicted octanol–water partition coefficient (Wildman–Crippen LogP) is 5.58. The van der Waals surface area contributed by atoms with Crippen LogP contribution in [0.15, 0.2) is 82.4 Å². The number of aryl methyl sites for hydroxylation is 1. The molecule has 0 aliphatic carbocycles. The smallest absolute Gasteiger partial charge is 0.251 e. The summed E-state index contributed by atoms with van der Waals surface area (Å²) in [5.41, 5.74) is 5.89. The number of amides is 1. The first kappa shape index (κ1) is 27.6. The van der Waals surface area contributed by atoms with Gasteiger partial charge < -0.3 is 19.0 Å². The summed E-state index contributed by atoms with van der Waals surface area (Å²) in [5, 5.41) is 4.93. The highest BCUT2D eigenvalue weighted by Crippen LogP contribution is 2.31. The summed E-state index contributed by atoms with van der Waals surface area (Å²) < 4.78 is 49.9. The molecule has 0 spiro atoms. The van der Waals surface area contributed by atoms with E-state index in [1.807, 2.05) is 24.3 Å². The van der Waals surface area contributed by atoms with Crippen molar-refractivity contribution in [2.75, 3.05) is 19.7 Å². The maximum absolute atomic E-state index is 13.1. The Morgan fingerprint density at radius 1 is 1.10 bits per heavy atom. The average molecular weight is 587 g/mol. The van der Waals surface area contributed by atoms with E-state index in [0.29, 0.717) is 12.3 Å². The van der Waals surface area contributed by atoms with E-state index in [0.717, 1.165) is 51.6 Å². The number of carbonyl (C=O) groups is 1. The van der Waals surface area contributed by atoms with Crippen LogP contribution in [0.2, 0.25) is 0 Å². The molecule has 2 aromatic carbocycles. The van der Waals surface area contributed by atoms with Gasteiger partial charge in [0.2, 0.25) is 9.84 Å². The number of benzene rings is 2. The van der Waals surface area contributed by atoms with Crippen LogP contribution in [0.1, 0.15) is 21.7 Å². The van der Waals surface area contributed by atoms with Crippen LogP contribution in [0, 0.1) is 6.92 Å². The van der Waals surface area contributed by atoms with Crippen molar-refractivity contribution in [3.8, 4) is 11.3 Å². The van der Waals surface area contributed by atoms with Crippen molar-refractivity contribution < 1.29 is 26.8 Å². The molecule has 0 radical (unpaired) electrons. The number of aromatic nitrogens is 3. The van der Waals surface area contributed by atoms with Crippen molar-refractivity contribution in [1.29, 1.82) is 0 Å². The number of furan rings is 1. The van der Waals surface area contributed by atoms with Gasteiger partial charge in [0.1, 0.15) is 16.7 Å². The fraction of sp³-hybridized carbons (Fsp3) is 0.194. The van der Waals surface area contributed by atoms with E-state index in [4.69, 9.17) is 14.1 Å². The normalized spacial score (nSPS) is 12.0. The summed E-state index contributed by atoms with van der Waals surface area (Å²) in [4.78, 5) is 22.0. The second-order valence-corrected chi connectivity index (χ2v) is 11.8. The van der Waals surface area contributed by atoms with Crippen LogP contribution in [0.5, 0.6) is 0 Å². The lowest BCUT2D eigenvalue weighted by Crippen LogP contribution is -2.23. The van der Waals surface area contributed by atoms with Crippen molar-refractivity contribution in [2.24, 2.45) is 0 Å². The number of carbonyl (C=O) groups excluding carboxylic acids is 1. The van der Waals surface area contributed by atoms with Crippen molar-refractivity contribution in [3.05, 3.63) is 90.1 Å². The van der Waals surface area contributed by atoms with Crippen LogP contribution in [0.4, 0.5) is 4.39 Å². The average Bonchev–Trinajstić information content (AvgIpc) is 3.58. The number of nitrogens with one attached hydrogen (secondary N) is 1. The molecule has 0 bridgehead atoms. The third kappa shape index (κ3) is 5.01. The molecule has 6 aromatic rings. The van der Waals surface area contributed by atoms with E-state index in [1.54, 1.807) is 13.3 Å². The monoisotopic (exact) mass is 586 g/mol. The lowest BCUT2D eigenvalue weighted by molar-refractivity contribution is 0.0950. The first-order chi connectivity index (χ1) is 20.3. The van der Waals surface area contributed by atoms with E-state index in [1.165, 1.54) is 18.2 Å². The molecule has 1 N–H and O–H groups in total. The summed E-state index contributed by atoms with van der Waals surface area (Å²) in [7, 11) is -2.46. The number of sulfone groups is 1. The second-order valence-electron chi connectivity index (χ2n) is 9.95. The Morgan fingerprint density at radius 3 is 2.76 bits per heavy atom. The fourth-order valence-corrected chi connectivity index (χ4v) is 5.95. The highest BCUT2D eigenvalue weighted by Gasteiger charge is 2.21. The van der Waals surface area contributed by atoms with Crippen LogP contribution < -0.4 is 5.32 Å². The molecule has 0 atom stereocenters. The fourth-order valence-electron chi connectivity index (χ4n) is 5.14. The van der Waals surface area contributed by atoms with Crippen LogP contribution in [0.3, 0.4) is 0 Å². The standard InChI is InChI=1S/C31H27FN4O5S/c1-19-12-24-23(4-3-5-28(24)36(19)10-11-40-2)26-8-6-21-15-33-22(14-27(21)35-26)16-34-31(37)20-7-9-29-25(13-20)30(17-41-29)42(38,39)18-32/h3-9,12-15,17H,10-11,16,18H2,1-2H3,(H,34,37). The van der Waals surface area contributed by atoms with Gasteiger partial charge in [-0.1, -0.05) is 12.1 Å². The largest absolute Gasteiger partial charge is 0.463 e. The molecule has 11 heteroatoms. The molecule has 4 aromatic heterocycles. The first-order valence-corrected chi connectivity index (χ1v) is 14.9. The molecule has 0 aliphatic heterocycles. The minimum absolute atomic E-state index is 0.122. The number of nitrogens with zero attached hydrogens (tertiary/aromatic N) is 3. The summed E-state index contributed by atoms with van der Waals surface area (Å²) in [6.07, 6.45) is 2.70. The van der Waals surface area contributed by atoms with Gasteiger partial charge in [0, 0.05) is 58.3 Å². The molecular formula is C31H27FN4O5S. The third-order valence-electron chi connectivity index (χ3n) is 7.29. The summed E-state index contributed by atoms with van der Waals surface area (Å²) >= 11 is 0. The molecule has 0 saturated carbocycles. The van der Waals surface area contributed by atoms with E-state index in [9.17, 15) is 17.6 Å². The van der Waals surface area contributed by atoms with Crippen LogP contribution in [-0.2, 0) is 27.7 Å². The van der Waals surface area contributed by atoms with Crippen molar-refractivity contribution in [1.82, 2.24) is 19.9 Å². The van der Waals surface area contributed by atoms with Crippen LogP contribution in [-0.4, -0.2) is 48.6 Å². The highest BCUT2D eigenvalue weighted by atomic mass is 32.2. The zero-order chi connectivity index (χ0) is 29.4. The molecule has 0 unspecified atom stereocenters. The Bertz CT molecular complexity index is 2080. The van der Waals surface area contributed by atoms with Gasteiger partial charge in [-0.2, -0.15) is 0 Å². The molecule has 9 nitrogen and oxygen atoms in total. The van der Waals surface area contributed by atoms with Gasteiger partial charge >= 0.3 is 0 Å². The number of hydrogen-bond donors (Lipinski definition) is 1. The van der Waals surface area contributed by atoms with Gasteiger partial charge in [0.25, 0.3) is 5.91 Å². The van der Waals surface area contributed by atoms with Gasteiger partial charge in [-0.15, -0.1) is 0 Å². The number of rotatable bonds is 9. The molecular weight excluding hydrogens is 559 g/mol. The lowest BCUT2D eigenvalue weighted by Gasteiger charge is -2.09. The lowest BCUT2D eigenvalue weighted by atomic mass is 10.1. The zero-order valence-electron chi connectivity index (χ0n) is 22.9. The minimum Gasteiger partial charge on any atom is -0.463 e. The van der Waals surface area contributed by atoms with Crippen LogP contribution in [0.25, 0.3) is 44.0 Å². The minimum atomic E-state index is -4.16. The number of hydrogen-bond acceptors (Lipinski definition) is 7. The molecule has 0 aliphatic rings. The predicted molar refractivity (Wildman–Crippen MR) is 158 cm³/mol. The summed E-state index contributed by atoms with van der Waals surface area (Å²) in [6.45, 7) is 3.58. The molecule has 42 heavy (non-hydrogen) atoms. The number of methoxy groups -OCH3 is 1. The topological polar surface area (TPSA) is 116 Å². The Morgan fingerprint density at radius 2 is 1.95 bits per heavy atom. The van der Waals surface area contributed by atoms with Crippen molar-refractivity contribution >= 4 is 48.5 Å². The summed E-state index contributed by atoms with van der Waals surface area (Å²) in [5.74, 6) is -0.440. The molecule has 4 heterocycles. The maximum atomic E-state index is 13.1. The number of ether oxygens (including phenoxy) is 1. The van der Waals surface area contributed by atoms with E-state index < -0.39 is 21.8 Å². The molecule has 0 fully saturated rings. The molecule has 214 valence electrons. The van der Waals surface area contributed by atoms with Crippen LogP contribution >= 0.6 is 0 Å². The maximum Gasteiger partial charge on any atom is 0.251 e. The van der Waals surface area contributed by atoms with E-state index in [2.05, 4.69) is 40.0 Å². The number of halogens is 1. The van der Waals surface area contributed by atoms with Crippen molar-refractivity contribution in [3.63, 3.8) is 0 Å². The number of fused-ring (bicyclic) bond motifs is 3. The van der Waals surface area contributed by atoms with E-state index >= 15 is 0 Å². The Kier molecular flexibility index (Phi) is 7.21. The van der Waals surface area contributed by atoms with Gasteiger partial charge in [-0.25, -0.2) is 17.8 Å². The zero-order valence-corrected chi connectivity index (χ0v) is 23.7. The molecule has 0 saturated heterocycles.